The average Bonchev–Trinajstić information content (AvgIpc) is 2.51. The fraction of sp³-hybridized carbons (Fsp3) is 1.00. The van der Waals surface area contributed by atoms with Crippen molar-refractivity contribution in [1.82, 2.24) is 0 Å². The zero-order valence-electron chi connectivity index (χ0n) is 15.9. The van der Waals surface area contributed by atoms with Gasteiger partial charge in [0.25, 0.3) is 0 Å². The molecule has 0 aliphatic carbocycles. The Morgan fingerprint density at radius 1 is 0.455 bits per heavy atom. The van der Waals surface area contributed by atoms with E-state index in [4.69, 9.17) is 5.73 Å². The summed E-state index contributed by atoms with van der Waals surface area (Å²) >= 11 is 0. The Morgan fingerprint density at radius 3 is 1.18 bits per heavy atom. The van der Waals surface area contributed by atoms with E-state index in [0.717, 1.165) is 0 Å². The normalized spacial score (nSPS) is 12.7. The number of hydrogen-bond donors (Lipinski definition) is 1. The summed E-state index contributed by atoms with van der Waals surface area (Å²) in [4.78, 5) is 0. The highest BCUT2D eigenvalue weighted by atomic mass is 14.6. The molecule has 1 unspecified atom stereocenters. The predicted octanol–water partition coefficient (Wildman–Crippen LogP) is 7.38. The van der Waals surface area contributed by atoms with Crippen molar-refractivity contribution in [3.05, 3.63) is 0 Å². The van der Waals surface area contributed by atoms with Crippen LogP contribution in [0.1, 0.15) is 129 Å². The van der Waals surface area contributed by atoms with Crippen LogP contribution in [0, 0.1) is 0 Å². The molecule has 0 radical (unpaired) electrons. The van der Waals surface area contributed by atoms with Gasteiger partial charge in [-0.3, -0.25) is 0 Å². The highest BCUT2D eigenvalue weighted by Gasteiger charge is 2.00. The third-order valence-corrected chi connectivity index (χ3v) is 4.84. The first kappa shape index (κ1) is 22.0. The molecule has 0 bridgehead atoms. The zero-order valence-corrected chi connectivity index (χ0v) is 15.9. The van der Waals surface area contributed by atoms with E-state index in [2.05, 4.69) is 13.8 Å². The van der Waals surface area contributed by atoms with Crippen LogP contribution < -0.4 is 5.73 Å². The molecule has 0 heterocycles. The molecule has 134 valence electrons. The highest BCUT2D eigenvalue weighted by Crippen LogP contribution is 2.14. The third kappa shape index (κ3) is 18.0. The van der Waals surface area contributed by atoms with E-state index in [1.54, 1.807) is 0 Å². The minimum absolute atomic E-state index is 0.465. The van der Waals surface area contributed by atoms with Crippen LogP contribution in [0.5, 0.6) is 0 Å². The molecule has 0 aromatic heterocycles. The van der Waals surface area contributed by atoms with Gasteiger partial charge in [-0.1, -0.05) is 117 Å². The van der Waals surface area contributed by atoms with Crippen molar-refractivity contribution >= 4 is 0 Å². The lowest BCUT2D eigenvalue weighted by Crippen LogP contribution is -2.18. The molecule has 0 amide bonds. The van der Waals surface area contributed by atoms with Crippen molar-refractivity contribution in [2.75, 3.05) is 0 Å². The van der Waals surface area contributed by atoms with Crippen LogP contribution in [0.15, 0.2) is 0 Å². The molecular weight excluding hydrogens is 266 g/mol. The minimum atomic E-state index is 0.465. The van der Waals surface area contributed by atoms with Crippen LogP contribution in [0.2, 0.25) is 0 Å². The van der Waals surface area contributed by atoms with Gasteiger partial charge in [0.2, 0.25) is 0 Å². The van der Waals surface area contributed by atoms with Gasteiger partial charge in [0.1, 0.15) is 0 Å². The SMILES string of the molecule is CCCCCCCCCCCCCCCCCC(N)CCC. The Kier molecular flexibility index (Phi) is 19.0. The fourth-order valence-corrected chi connectivity index (χ4v) is 3.29. The van der Waals surface area contributed by atoms with E-state index < -0.39 is 0 Å². The summed E-state index contributed by atoms with van der Waals surface area (Å²) in [6.45, 7) is 4.52. The van der Waals surface area contributed by atoms with Gasteiger partial charge in [-0.15, -0.1) is 0 Å². The second kappa shape index (κ2) is 19.0. The Balaban J connectivity index is 3.00. The van der Waals surface area contributed by atoms with E-state index in [9.17, 15) is 0 Å². The molecular formula is C21H45N. The topological polar surface area (TPSA) is 26.0 Å². The van der Waals surface area contributed by atoms with Crippen molar-refractivity contribution in [2.45, 2.75) is 135 Å². The molecule has 1 nitrogen and oxygen atoms in total. The maximum Gasteiger partial charge on any atom is 0.00387 e. The van der Waals surface area contributed by atoms with Gasteiger partial charge >= 0.3 is 0 Å². The van der Waals surface area contributed by atoms with Crippen LogP contribution >= 0.6 is 0 Å². The van der Waals surface area contributed by atoms with E-state index in [0.29, 0.717) is 6.04 Å². The molecule has 0 fully saturated rings. The number of nitrogens with two attached hydrogens (primary N) is 1. The monoisotopic (exact) mass is 311 g/mol. The van der Waals surface area contributed by atoms with Crippen molar-refractivity contribution in [3.63, 3.8) is 0 Å². The lowest BCUT2D eigenvalue weighted by atomic mass is 10.0. The molecule has 0 rings (SSSR count). The maximum absolute atomic E-state index is 6.04. The van der Waals surface area contributed by atoms with Crippen LogP contribution in [0.4, 0.5) is 0 Å². The van der Waals surface area contributed by atoms with Gasteiger partial charge in [-0.2, -0.15) is 0 Å². The van der Waals surface area contributed by atoms with Gasteiger partial charge in [0.05, 0.1) is 0 Å². The summed E-state index contributed by atoms with van der Waals surface area (Å²) in [6.07, 6.45) is 25.3. The lowest BCUT2D eigenvalue weighted by molar-refractivity contribution is 0.499. The van der Waals surface area contributed by atoms with E-state index >= 15 is 0 Å². The fourth-order valence-electron chi connectivity index (χ4n) is 3.29. The quantitative estimate of drug-likeness (QED) is 0.263. The van der Waals surface area contributed by atoms with Crippen LogP contribution in [-0.2, 0) is 0 Å². The molecule has 0 saturated heterocycles. The molecule has 1 heteroatoms. The first-order valence-corrected chi connectivity index (χ1v) is 10.6. The largest absolute Gasteiger partial charge is 0.328 e. The van der Waals surface area contributed by atoms with Gasteiger partial charge < -0.3 is 5.73 Å². The summed E-state index contributed by atoms with van der Waals surface area (Å²) in [6, 6.07) is 0.465. The second-order valence-corrected chi connectivity index (χ2v) is 7.29. The number of hydrogen-bond acceptors (Lipinski definition) is 1. The van der Waals surface area contributed by atoms with Gasteiger partial charge in [0.15, 0.2) is 0 Å². The maximum atomic E-state index is 6.04. The van der Waals surface area contributed by atoms with E-state index in [-0.39, 0.29) is 0 Å². The summed E-state index contributed by atoms with van der Waals surface area (Å²) in [7, 11) is 0. The lowest BCUT2D eigenvalue weighted by Gasteiger charge is -2.09. The average molecular weight is 312 g/mol. The Bertz CT molecular complexity index is 190. The van der Waals surface area contributed by atoms with Crippen molar-refractivity contribution < 1.29 is 0 Å². The standard InChI is InChI=1S/C21H45N/c1-3-5-6-7-8-9-10-11-12-13-14-15-16-17-18-20-21(22)19-4-2/h21H,3-20,22H2,1-2H3. The van der Waals surface area contributed by atoms with Crippen LogP contribution in [-0.4, -0.2) is 6.04 Å². The third-order valence-electron chi connectivity index (χ3n) is 4.84. The van der Waals surface area contributed by atoms with Crippen molar-refractivity contribution in [2.24, 2.45) is 5.73 Å². The van der Waals surface area contributed by atoms with Crippen LogP contribution in [0.25, 0.3) is 0 Å². The summed E-state index contributed by atoms with van der Waals surface area (Å²) < 4.78 is 0. The van der Waals surface area contributed by atoms with Crippen molar-refractivity contribution in [1.29, 1.82) is 0 Å². The first-order valence-electron chi connectivity index (χ1n) is 10.6. The highest BCUT2D eigenvalue weighted by molar-refractivity contribution is 4.60. The molecule has 0 spiro atoms. The molecule has 0 aliphatic rings. The number of rotatable bonds is 18. The Morgan fingerprint density at radius 2 is 0.818 bits per heavy atom. The van der Waals surface area contributed by atoms with Crippen LogP contribution in [0.3, 0.4) is 0 Å². The predicted molar refractivity (Wildman–Crippen MR) is 102 cm³/mol. The van der Waals surface area contributed by atoms with Crippen molar-refractivity contribution in [3.8, 4) is 0 Å². The molecule has 0 aromatic carbocycles. The molecule has 0 saturated carbocycles. The zero-order chi connectivity index (χ0) is 16.3. The second-order valence-electron chi connectivity index (χ2n) is 7.29. The summed E-state index contributed by atoms with van der Waals surface area (Å²) in [5, 5.41) is 0. The molecule has 1 atom stereocenters. The van der Waals surface area contributed by atoms with Gasteiger partial charge in [-0.25, -0.2) is 0 Å². The summed E-state index contributed by atoms with van der Waals surface area (Å²) in [5.41, 5.74) is 6.04. The minimum Gasteiger partial charge on any atom is -0.328 e. The smallest absolute Gasteiger partial charge is 0.00387 e. The molecule has 0 aromatic rings. The molecule has 2 N–H and O–H groups in total. The summed E-state index contributed by atoms with van der Waals surface area (Å²) in [5.74, 6) is 0. The van der Waals surface area contributed by atoms with E-state index in [1.165, 1.54) is 116 Å². The first-order chi connectivity index (χ1) is 10.8. The number of unbranched alkanes of at least 4 members (excludes halogenated alkanes) is 14. The van der Waals surface area contributed by atoms with E-state index in [1.807, 2.05) is 0 Å². The van der Waals surface area contributed by atoms with Gasteiger partial charge in [0, 0.05) is 6.04 Å². The molecule has 0 aliphatic heterocycles. The van der Waals surface area contributed by atoms with Gasteiger partial charge in [-0.05, 0) is 12.8 Å². The Hall–Kier alpha value is -0.0400. The Labute approximate surface area is 141 Å². The molecule has 22 heavy (non-hydrogen) atoms.